The van der Waals surface area contributed by atoms with E-state index in [2.05, 4.69) is 20.2 Å². The lowest BCUT2D eigenvalue weighted by Gasteiger charge is -2.01. The van der Waals surface area contributed by atoms with Gasteiger partial charge in [0.2, 0.25) is 0 Å². The number of hydrogen-bond donors (Lipinski definition) is 0. The van der Waals surface area contributed by atoms with E-state index in [0.29, 0.717) is 0 Å². The molecule has 0 aliphatic carbocycles. The van der Waals surface area contributed by atoms with Crippen LogP contribution in [0.3, 0.4) is 0 Å². The first-order chi connectivity index (χ1) is 11.4. The van der Waals surface area contributed by atoms with Crippen LogP contribution in [0.15, 0.2) is 72.3 Å². The Labute approximate surface area is 137 Å². The van der Waals surface area contributed by atoms with Crippen LogP contribution in [-0.4, -0.2) is 24.6 Å². The molecule has 0 amide bonds. The summed E-state index contributed by atoms with van der Waals surface area (Å²) in [6, 6.07) is 13.8. The zero-order valence-corrected chi connectivity index (χ0v) is 13.0. The van der Waals surface area contributed by atoms with Crippen LogP contribution >= 0.6 is 11.8 Å². The molecule has 5 nitrogen and oxygen atoms in total. The minimum atomic E-state index is 0.766. The summed E-state index contributed by atoms with van der Waals surface area (Å²) in [5, 5.41) is 9.43. The number of fused-ring (bicyclic) bond motifs is 1. The van der Waals surface area contributed by atoms with E-state index in [9.17, 15) is 0 Å². The van der Waals surface area contributed by atoms with E-state index in [1.165, 1.54) is 0 Å². The van der Waals surface area contributed by atoms with Crippen molar-refractivity contribution in [2.75, 3.05) is 0 Å². The summed E-state index contributed by atoms with van der Waals surface area (Å²) in [7, 11) is 0. The fraction of sp³-hybridized carbons (Fsp3) is 0.0588. The highest BCUT2D eigenvalue weighted by molar-refractivity contribution is 7.98. The molecule has 0 unspecified atom stereocenters. The highest BCUT2D eigenvalue weighted by Gasteiger charge is 2.05. The van der Waals surface area contributed by atoms with Crippen molar-refractivity contribution in [1.29, 1.82) is 0 Å². The Kier molecular flexibility index (Phi) is 3.73. The van der Waals surface area contributed by atoms with Crippen molar-refractivity contribution in [3.05, 3.63) is 72.9 Å². The number of thioether (sulfide) groups is 1. The summed E-state index contributed by atoms with van der Waals surface area (Å²) in [4.78, 5) is 8.68. The zero-order valence-electron chi connectivity index (χ0n) is 12.2. The van der Waals surface area contributed by atoms with Gasteiger partial charge in [-0.15, -0.1) is 10.2 Å². The topological polar surface area (TPSA) is 56.0 Å². The third-order valence-corrected chi connectivity index (χ3v) is 4.33. The van der Waals surface area contributed by atoms with E-state index in [-0.39, 0.29) is 0 Å². The third kappa shape index (κ3) is 3.07. The smallest absolute Gasteiger partial charge is 0.137 e. The fourth-order valence-corrected chi connectivity index (χ4v) is 2.97. The standard InChI is InChI=1S/C17H13N5S/c1-2-9-22-11-14(19-16(22)5-1)12-23-17-7-6-15(20-21-17)13-4-3-8-18-10-13/h1-11H,12H2. The van der Waals surface area contributed by atoms with Crippen molar-refractivity contribution in [2.24, 2.45) is 0 Å². The molecule has 4 rings (SSSR count). The summed E-state index contributed by atoms with van der Waals surface area (Å²) in [5.41, 5.74) is 3.78. The van der Waals surface area contributed by atoms with Crippen LogP contribution in [0, 0.1) is 0 Å². The quantitative estimate of drug-likeness (QED) is 0.539. The number of hydrogen-bond acceptors (Lipinski definition) is 5. The number of rotatable bonds is 4. The molecular weight excluding hydrogens is 306 g/mol. The Balaban J connectivity index is 1.47. The van der Waals surface area contributed by atoms with Crippen LogP contribution in [-0.2, 0) is 5.75 Å². The molecule has 0 radical (unpaired) electrons. The second-order valence-electron chi connectivity index (χ2n) is 4.99. The molecule has 0 aromatic carbocycles. The third-order valence-electron chi connectivity index (χ3n) is 3.38. The monoisotopic (exact) mass is 319 g/mol. The molecule has 4 heterocycles. The molecule has 0 spiro atoms. The number of aromatic nitrogens is 5. The van der Waals surface area contributed by atoms with Crippen LogP contribution in [0.2, 0.25) is 0 Å². The van der Waals surface area contributed by atoms with Gasteiger partial charge in [0.15, 0.2) is 0 Å². The minimum absolute atomic E-state index is 0.766. The predicted octanol–water partition coefficient (Wildman–Crippen LogP) is 3.48. The molecule has 0 aliphatic rings. The van der Waals surface area contributed by atoms with Gasteiger partial charge in [0.05, 0.1) is 11.4 Å². The molecule has 112 valence electrons. The fourth-order valence-electron chi connectivity index (χ4n) is 2.27. The number of imidazole rings is 1. The highest BCUT2D eigenvalue weighted by Crippen LogP contribution is 2.22. The van der Waals surface area contributed by atoms with Crippen molar-refractivity contribution in [3.63, 3.8) is 0 Å². The summed E-state index contributed by atoms with van der Waals surface area (Å²) in [6.07, 6.45) is 7.57. The minimum Gasteiger partial charge on any atom is -0.307 e. The maximum Gasteiger partial charge on any atom is 0.137 e. The first-order valence-electron chi connectivity index (χ1n) is 7.18. The molecule has 4 aromatic rings. The van der Waals surface area contributed by atoms with Crippen LogP contribution in [0.4, 0.5) is 0 Å². The maximum atomic E-state index is 4.58. The lowest BCUT2D eigenvalue weighted by atomic mass is 10.2. The molecule has 6 heteroatoms. The molecule has 23 heavy (non-hydrogen) atoms. The average molecular weight is 319 g/mol. The Morgan fingerprint density at radius 2 is 2.00 bits per heavy atom. The largest absolute Gasteiger partial charge is 0.307 e. The van der Waals surface area contributed by atoms with Crippen LogP contribution in [0.5, 0.6) is 0 Å². The Morgan fingerprint density at radius 1 is 1.00 bits per heavy atom. The van der Waals surface area contributed by atoms with E-state index in [1.807, 2.05) is 59.3 Å². The van der Waals surface area contributed by atoms with Gasteiger partial charge in [0.1, 0.15) is 10.7 Å². The Hall–Kier alpha value is -2.73. The zero-order chi connectivity index (χ0) is 15.5. The van der Waals surface area contributed by atoms with Gasteiger partial charge in [0.25, 0.3) is 0 Å². The molecular formula is C17H13N5S. The molecule has 0 atom stereocenters. The normalized spacial score (nSPS) is 11.0. The van der Waals surface area contributed by atoms with E-state index in [4.69, 9.17) is 0 Å². The lowest BCUT2D eigenvalue weighted by molar-refractivity contribution is 0.934. The second kappa shape index (κ2) is 6.18. The number of pyridine rings is 2. The number of nitrogens with zero attached hydrogens (tertiary/aromatic N) is 5. The molecule has 0 bridgehead atoms. The summed E-state index contributed by atoms with van der Waals surface area (Å²) >= 11 is 1.63. The van der Waals surface area contributed by atoms with Gasteiger partial charge in [-0.3, -0.25) is 4.98 Å². The van der Waals surface area contributed by atoms with Gasteiger partial charge < -0.3 is 4.40 Å². The van der Waals surface area contributed by atoms with E-state index >= 15 is 0 Å². The van der Waals surface area contributed by atoms with Crippen LogP contribution in [0.1, 0.15) is 5.69 Å². The Bertz CT molecular complexity index is 886. The Morgan fingerprint density at radius 3 is 2.78 bits per heavy atom. The second-order valence-corrected chi connectivity index (χ2v) is 5.98. The van der Waals surface area contributed by atoms with Crippen LogP contribution in [0.25, 0.3) is 16.9 Å². The summed E-state index contributed by atoms with van der Waals surface area (Å²) in [6.45, 7) is 0. The highest BCUT2D eigenvalue weighted by atomic mass is 32.2. The average Bonchev–Trinajstić information content (AvgIpc) is 3.04. The van der Waals surface area contributed by atoms with Gasteiger partial charge in [-0.05, 0) is 36.4 Å². The predicted molar refractivity (Wildman–Crippen MR) is 90.0 cm³/mol. The maximum absolute atomic E-state index is 4.58. The van der Waals surface area contributed by atoms with Gasteiger partial charge in [0, 0.05) is 36.1 Å². The molecule has 0 saturated carbocycles. The molecule has 0 saturated heterocycles. The molecule has 0 fully saturated rings. The molecule has 0 aliphatic heterocycles. The van der Waals surface area contributed by atoms with Crippen molar-refractivity contribution in [2.45, 2.75) is 10.8 Å². The summed E-state index contributed by atoms with van der Waals surface area (Å²) in [5.74, 6) is 0.766. The first kappa shape index (κ1) is 13.9. The molecule has 0 N–H and O–H groups in total. The van der Waals surface area contributed by atoms with Crippen molar-refractivity contribution >= 4 is 17.4 Å². The lowest BCUT2D eigenvalue weighted by Crippen LogP contribution is -1.90. The van der Waals surface area contributed by atoms with Gasteiger partial charge in [-0.1, -0.05) is 17.8 Å². The van der Waals surface area contributed by atoms with Gasteiger partial charge >= 0.3 is 0 Å². The van der Waals surface area contributed by atoms with E-state index in [1.54, 1.807) is 24.2 Å². The van der Waals surface area contributed by atoms with Crippen LogP contribution < -0.4 is 0 Å². The van der Waals surface area contributed by atoms with Crippen molar-refractivity contribution in [1.82, 2.24) is 24.6 Å². The SMILES string of the molecule is c1cncc(-c2ccc(SCc3cn4ccccc4n3)nn2)c1. The van der Waals surface area contributed by atoms with Crippen molar-refractivity contribution < 1.29 is 0 Å². The van der Waals surface area contributed by atoms with Gasteiger partial charge in [-0.2, -0.15) is 0 Å². The summed E-state index contributed by atoms with van der Waals surface area (Å²) < 4.78 is 2.02. The molecule has 4 aromatic heterocycles. The van der Waals surface area contributed by atoms with Crippen molar-refractivity contribution in [3.8, 4) is 11.3 Å². The van der Waals surface area contributed by atoms with E-state index in [0.717, 1.165) is 33.4 Å². The van der Waals surface area contributed by atoms with Gasteiger partial charge in [-0.25, -0.2) is 4.98 Å². The first-order valence-corrected chi connectivity index (χ1v) is 8.16. The van der Waals surface area contributed by atoms with E-state index < -0.39 is 0 Å².